The second-order valence-electron chi connectivity index (χ2n) is 2.88. The summed E-state index contributed by atoms with van der Waals surface area (Å²) in [5, 5.41) is 0. The minimum Gasteiger partial charge on any atom is -0.469 e. The standard InChI is InChI=1S/C11H19NO2/c1-14-11(13)9-7-5-3-2-4-6-8-10-12/h2-3,6,8H,4-5,7,9-10,12H2,1H3/b3-2+,8-6+. The maximum Gasteiger partial charge on any atom is 0.305 e. The van der Waals surface area contributed by atoms with Crippen LogP contribution >= 0.6 is 0 Å². The lowest BCUT2D eigenvalue weighted by Crippen LogP contribution is -1.98. The lowest BCUT2D eigenvalue weighted by Gasteiger charge is -1.95. The van der Waals surface area contributed by atoms with Crippen LogP contribution in [-0.2, 0) is 9.53 Å². The van der Waals surface area contributed by atoms with Gasteiger partial charge in [0.15, 0.2) is 0 Å². The number of rotatable bonds is 7. The van der Waals surface area contributed by atoms with E-state index in [4.69, 9.17) is 5.73 Å². The third kappa shape index (κ3) is 9.00. The van der Waals surface area contributed by atoms with Crippen LogP contribution in [0.4, 0.5) is 0 Å². The van der Waals surface area contributed by atoms with E-state index in [0.29, 0.717) is 13.0 Å². The van der Waals surface area contributed by atoms with E-state index >= 15 is 0 Å². The molecule has 0 aliphatic heterocycles. The van der Waals surface area contributed by atoms with Crippen LogP contribution in [0.1, 0.15) is 25.7 Å². The summed E-state index contributed by atoms with van der Waals surface area (Å²) in [5.74, 6) is -0.138. The molecule has 0 radical (unpaired) electrons. The van der Waals surface area contributed by atoms with Gasteiger partial charge in [0.25, 0.3) is 0 Å². The smallest absolute Gasteiger partial charge is 0.305 e. The predicted octanol–water partition coefficient (Wildman–Crippen LogP) is 1.79. The number of unbranched alkanes of at least 4 members (excludes halogenated alkanes) is 1. The average molecular weight is 197 g/mol. The van der Waals surface area contributed by atoms with Crippen LogP contribution in [0.25, 0.3) is 0 Å². The van der Waals surface area contributed by atoms with Crippen molar-refractivity contribution in [2.45, 2.75) is 25.7 Å². The molecule has 3 heteroatoms. The molecule has 0 saturated carbocycles. The van der Waals surface area contributed by atoms with Crippen molar-refractivity contribution < 1.29 is 9.53 Å². The minimum absolute atomic E-state index is 0.138. The van der Waals surface area contributed by atoms with Crippen molar-refractivity contribution in [3.05, 3.63) is 24.3 Å². The molecule has 0 amide bonds. The third-order valence-corrected chi connectivity index (χ3v) is 1.72. The number of hydrogen-bond donors (Lipinski definition) is 1. The van der Waals surface area contributed by atoms with E-state index in [0.717, 1.165) is 19.3 Å². The van der Waals surface area contributed by atoms with Crippen molar-refractivity contribution in [3.63, 3.8) is 0 Å². The molecule has 0 rings (SSSR count). The molecule has 14 heavy (non-hydrogen) atoms. The van der Waals surface area contributed by atoms with Gasteiger partial charge in [-0.05, 0) is 19.3 Å². The topological polar surface area (TPSA) is 52.3 Å². The Morgan fingerprint density at radius 1 is 1.29 bits per heavy atom. The van der Waals surface area contributed by atoms with Gasteiger partial charge >= 0.3 is 5.97 Å². The van der Waals surface area contributed by atoms with E-state index < -0.39 is 0 Å². The highest BCUT2D eigenvalue weighted by Gasteiger charge is 1.96. The Morgan fingerprint density at radius 2 is 2.00 bits per heavy atom. The summed E-state index contributed by atoms with van der Waals surface area (Å²) in [6, 6.07) is 0. The number of methoxy groups -OCH3 is 1. The zero-order valence-corrected chi connectivity index (χ0v) is 8.74. The number of hydrogen-bond acceptors (Lipinski definition) is 3. The van der Waals surface area contributed by atoms with Gasteiger partial charge in [-0.25, -0.2) is 0 Å². The fourth-order valence-electron chi connectivity index (χ4n) is 0.951. The Kier molecular flexibility index (Phi) is 9.22. The van der Waals surface area contributed by atoms with Gasteiger partial charge in [0.1, 0.15) is 0 Å². The van der Waals surface area contributed by atoms with Gasteiger partial charge in [0.05, 0.1) is 7.11 Å². The number of carbonyl (C=O) groups excluding carboxylic acids is 1. The lowest BCUT2D eigenvalue weighted by atomic mass is 10.2. The zero-order chi connectivity index (χ0) is 10.6. The van der Waals surface area contributed by atoms with Crippen molar-refractivity contribution in [3.8, 4) is 0 Å². The molecule has 0 aromatic carbocycles. The summed E-state index contributed by atoms with van der Waals surface area (Å²) in [6.07, 6.45) is 11.3. The first-order valence-corrected chi connectivity index (χ1v) is 4.88. The van der Waals surface area contributed by atoms with E-state index in [1.165, 1.54) is 7.11 Å². The summed E-state index contributed by atoms with van der Waals surface area (Å²) in [4.78, 5) is 10.7. The van der Waals surface area contributed by atoms with E-state index in [1.54, 1.807) is 0 Å². The van der Waals surface area contributed by atoms with Crippen molar-refractivity contribution in [1.29, 1.82) is 0 Å². The SMILES string of the molecule is COC(=O)CCC/C=C/C/C=C/CN. The van der Waals surface area contributed by atoms with Crippen LogP contribution in [0.3, 0.4) is 0 Å². The minimum atomic E-state index is -0.138. The number of ether oxygens (including phenoxy) is 1. The summed E-state index contributed by atoms with van der Waals surface area (Å²) >= 11 is 0. The highest BCUT2D eigenvalue weighted by Crippen LogP contribution is 1.99. The van der Waals surface area contributed by atoms with E-state index in [9.17, 15) is 4.79 Å². The first-order chi connectivity index (χ1) is 6.81. The van der Waals surface area contributed by atoms with Crippen molar-refractivity contribution in [1.82, 2.24) is 0 Å². The molecule has 0 aliphatic rings. The molecule has 0 spiro atoms. The molecule has 0 bridgehead atoms. The summed E-state index contributed by atoms with van der Waals surface area (Å²) in [6.45, 7) is 0.593. The molecule has 0 unspecified atom stereocenters. The molecule has 2 N–H and O–H groups in total. The van der Waals surface area contributed by atoms with Gasteiger partial charge in [-0.3, -0.25) is 4.79 Å². The fourth-order valence-corrected chi connectivity index (χ4v) is 0.951. The number of carbonyl (C=O) groups is 1. The van der Waals surface area contributed by atoms with Gasteiger partial charge in [-0.15, -0.1) is 0 Å². The van der Waals surface area contributed by atoms with Gasteiger partial charge < -0.3 is 10.5 Å². The van der Waals surface area contributed by atoms with Crippen molar-refractivity contribution in [2.75, 3.05) is 13.7 Å². The Balaban J connectivity index is 3.27. The summed E-state index contributed by atoms with van der Waals surface area (Å²) in [7, 11) is 1.41. The second kappa shape index (κ2) is 9.99. The van der Waals surface area contributed by atoms with Crippen LogP contribution in [0, 0.1) is 0 Å². The molecule has 0 aliphatic carbocycles. The van der Waals surface area contributed by atoms with Crippen LogP contribution < -0.4 is 5.73 Å². The number of esters is 1. The number of nitrogens with two attached hydrogens (primary N) is 1. The van der Waals surface area contributed by atoms with E-state index in [-0.39, 0.29) is 5.97 Å². The fraction of sp³-hybridized carbons (Fsp3) is 0.545. The van der Waals surface area contributed by atoms with Crippen molar-refractivity contribution in [2.24, 2.45) is 5.73 Å². The number of allylic oxidation sites excluding steroid dienone is 3. The van der Waals surface area contributed by atoms with Crippen molar-refractivity contribution >= 4 is 5.97 Å². The van der Waals surface area contributed by atoms with Gasteiger partial charge in [-0.1, -0.05) is 24.3 Å². The van der Waals surface area contributed by atoms with E-state index in [2.05, 4.69) is 16.9 Å². The molecule has 0 atom stereocenters. The second-order valence-corrected chi connectivity index (χ2v) is 2.88. The lowest BCUT2D eigenvalue weighted by molar-refractivity contribution is -0.140. The Hall–Kier alpha value is -1.09. The molecular weight excluding hydrogens is 178 g/mol. The molecule has 0 fully saturated rings. The molecule has 0 saturated heterocycles. The van der Waals surface area contributed by atoms with Crippen LogP contribution in [0.15, 0.2) is 24.3 Å². The first kappa shape index (κ1) is 12.9. The molecule has 3 nitrogen and oxygen atoms in total. The van der Waals surface area contributed by atoms with Gasteiger partial charge in [0, 0.05) is 13.0 Å². The predicted molar refractivity (Wildman–Crippen MR) is 57.8 cm³/mol. The monoisotopic (exact) mass is 197 g/mol. The average Bonchev–Trinajstić information content (AvgIpc) is 2.21. The molecule has 80 valence electrons. The normalized spacial score (nSPS) is 11.3. The maximum absolute atomic E-state index is 10.7. The first-order valence-electron chi connectivity index (χ1n) is 4.88. The summed E-state index contributed by atoms with van der Waals surface area (Å²) in [5.41, 5.74) is 5.28. The highest BCUT2D eigenvalue weighted by molar-refractivity contribution is 5.68. The molecular formula is C11H19NO2. The zero-order valence-electron chi connectivity index (χ0n) is 8.74. The van der Waals surface area contributed by atoms with Crippen LogP contribution in [0.5, 0.6) is 0 Å². The maximum atomic E-state index is 10.7. The largest absolute Gasteiger partial charge is 0.469 e. The highest BCUT2D eigenvalue weighted by atomic mass is 16.5. The quantitative estimate of drug-likeness (QED) is 0.384. The molecule has 0 heterocycles. The Labute approximate surface area is 85.6 Å². The Bertz CT molecular complexity index is 197. The van der Waals surface area contributed by atoms with E-state index in [1.807, 2.05) is 12.2 Å². The Morgan fingerprint density at radius 3 is 2.64 bits per heavy atom. The van der Waals surface area contributed by atoms with Gasteiger partial charge in [-0.2, -0.15) is 0 Å². The third-order valence-electron chi connectivity index (χ3n) is 1.72. The van der Waals surface area contributed by atoms with Crippen LogP contribution in [0.2, 0.25) is 0 Å². The van der Waals surface area contributed by atoms with Crippen LogP contribution in [-0.4, -0.2) is 19.6 Å². The summed E-state index contributed by atoms with van der Waals surface area (Å²) < 4.78 is 4.52. The van der Waals surface area contributed by atoms with Gasteiger partial charge in [0.2, 0.25) is 0 Å². The molecule has 0 aromatic rings. The molecule has 0 aromatic heterocycles.